The van der Waals surface area contributed by atoms with Gasteiger partial charge in [-0.2, -0.15) is 0 Å². The van der Waals surface area contributed by atoms with Gasteiger partial charge in [-0.15, -0.1) is 0 Å². The van der Waals surface area contributed by atoms with Gasteiger partial charge in [-0.3, -0.25) is 4.98 Å². The van der Waals surface area contributed by atoms with Crippen LogP contribution in [0.2, 0.25) is 0 Å². The van der Waals surface area contributed by atoms with E-state index in [4.69, 9.17) is 0 Å². The molecule has 0 aliphatic carbocycles. The molecule has 2 aromatic carbocycles. The maximum Gasteiger partial charge on any atom is 0.178 e. The topological polar surface area (TPSA) is 45.2 Å². The molecule has 0 bridgehead atoms. The fourth-order valence-electron chi connectivity index (χ4n) is 4.07. The average Bonchev–Trinajstić information content (AvgIpc) is 3.14. The van der Waals surface area contributed by atoms with Crippen LogP contribution >= 0.6 is 0 Å². The van der Waals surface area contributed by atoms with E-state index in [0.29, 0.717) is 6.67 Å². The smallest absolute Gasteiger partial charge is 0.178 e. The van der Waals surface area contributed by atoms with Gasteiger partial charge < -0.3 is 9.80 Å². The highest BCUT2D eigenvalue weighted by atomic mass is 15.4. The number of pyridine rings is 1. The van der Waals surface area contributed by atoms with E-state index in [2.05, 4.69) is 75.0 Å². The number of hydrogen-bond acceptors (Lipinski definition) is 5. The molecule has 5 nitrogen and oxygen atoms in total. The van der Waals surface area contributed by atoms with E-state index in [1.807, 2.05) is 30.6 Å². The van der Waals surface area contributed by atoms with E-state index < -0.39 is 0 Å². The standard InChI is InChI=1S/C24H21N5/c1-17-14-21(15-18(2)22(17)19-8-10-25-11-9-19)29-16-28(20-6-4-3-5-7-20)23-24(29)27-13-12-26-23/h3-15H,16H2,1-2H3. The third-order valence-electron chi connectivity index (χ3n) is 5.32. The third-order valence-corrected chi connectivity index (χ3v) is 5.32. The van der Waals surface area contributed by atoms with Gasteiger partial charge in [0.1, 0.15) is 6.67 Å². The van der Waals surface area contributed by atoms with Gasteiger partial charge in [0.15, 0.2) is 11.6 Å². The summed E-state index contributed by atoms with van der Waals surface area (Å²) < 4.78 is 0. The van der Waals surface area contributed by atoms with Crippen LogP contribution in [0.5, 0.6) is 0 Å². The van der Waals surface area contributed by atoms with Crippen LogP contribution < -0.4 is 9.80 Å². The second-order valence-corrected chi connectivity index (χ2v) is 7.23. The Morgan fingerprint density at radius 1 is 0.690 bits per heavy atom. The molecular formula is C24H21N5. The Bertz CT molecular complexity index is 1140. The molecule has 0 N–H and O–H groups in total. The molecular weight excluding hydrogens is 358 g/mol. The second kappa shape index (κ2) is 7.02. The van der Waals surface area contributed by atoms with Crippen molar-refractivity contribution in [1.29, 1.82) is 0 Å². The third kappa shape index (κ3) is 3.01. The molecule has 0 atom stereocenters. The van der Waals surface area contributed by atoms with E-state index in [1.165, 1.54) is 22.3 Å². The number of aryl methyl sites for hydroxylation is 2. The molecule has 1 aliphatic heterocycles. The summed E-state index contributed by atoms with van der Waals surface area (Å²) in [6, 6.07) is 18.9. The second-order valence-electron chi connectivity index (χ2n) is 7.23. The van der Waals surface area contributed by atoms with Crippen molar-refractivity contribution in [2.75, 3.05) is 16.5 Å². The fraction of sp³-hybridized carbons (Fsp3) is 0.125. The highest BCUT2D eigenvalue weighted by Gasteiger charge is 2.31. The molecule has 0 amide bonds. The summed E-state index contributed by atoms with van der Waals surface area (Å²) in [6.07, 6.45) is 7.19. The van der Waals surface area contributed by atoms with Gasteiger partial charge in [-0.25, -0.2) is 9.97 Å². The van der Waals surface area contributed by atoms with Crippen molar-refractivity contribution in [3.63, 3.8) is 0 Å². The van der Waals surface area contributed by atoms with E-state index in [1.54, 1.807) is 12.4 Å². The molecule has 0 spiro atoms. The van der Waals surface area contributed by atoms with E-state index in [-0.39, 0.29) is 0 Å². The summed E-state index contributed by atoms with van der Waals surface area (Å²) in [4.78, 5) is 17.8. The first-order valence-electron chi connectivity index (χ1n) is 9.65. The van der Waals surface area contributed by atoms with Gasteiger partial charge in [0, 0.05) is 36.2 Å². The minimum Gasteiger partial charge on any atom is -0.305 e. The molecule has 0 saturated heterocycles. The summed E-state index contributed by atoms with van der Waals surface area (Å²) in [6.45, 7) is 5.00. The number of anilines is 4. The molecule has 5 heteroatoms. The largest absolute Gasteiger partial charge is 0.305 e. The SMILES string of the molecule is Cc1cc(N2CN(c3ccccc3)c3nccnc32)cc(C)c1-c1ccncc1. The number of para-hydroxylation sites is 1. The highest BCUT2D eigenvalue weighted by molar-refractivity contribution is 5.83. The van der Waals surface area contributed by atoms with Crippen LogP contribution in [0.4, 0.5) is 23.0 Å². The van der Waals surface area contributed by atoms with Crippen molar-refractivity contribution >= 4 is 23.0 Å². The minimum atomic E-state index is 0.677. The van der Waals surface area contributed by atoms with E-state index >= 15 is 0 Å². The minimum absolute atomic E-state index is 0.677. The zero-order chi connectivity index (χ0) is 19.8. The van der Waals surface area contributed by atoms with Crippen LogP contribution in [-0.4, -0.2) is 21.6 Å². The first-order chi connectivity index (χ1) is 14.2. The monoisotopic (exact) mass is 379 g/mol. The number of hydrogen-bond donors (Lipinski definition) is 0. The number of nitrogens with zero attached hydrogens (tertiary/aromatic N) is 5. The van der Waals surface area contributed by atoms with E-state index in [9.17, 15) is 0 Å². The van der Waals surface area contributed by atoms with Crippen molar-refractivity contribution in [3.8, 4) is 11.1 Å². The molecule has 0 fully saturated rings. The van der Waals surface area contributed by atoms with Gasteiger partial charge in [0.05, 0.1) is 0 Å². The molecule has 4 aromatic rings. The lowest BCUT2D eigenvalue weighted by atomic mass is 9.95. The lowest BCUT2D eigenvalue weighted by Gasteiger charge is -2.23. The average molecular weight is 379 g/mol. The first kappa shape index (κ1) is 17.4. The quantitative estimate of drug-likeness (QED) is 0.477. The lowest BCUT2D eigenvalue weighted by molar-refractivity contribution is 0.974. The number of fused-ring (bicyclic) bond motifs is 1. The Morgan fingerprint density at radius 2 is 1.28 bits per heavy atom. The van der Waals surface area contributed by atoms with Crippen molar-refractivity contribution in [1.82, 2.24) is 15.0 Å². The van der Waals surface area contributed by atoms with Gasteiger partial charge in [0.25, 0.3) is 0 Å². The first-order valence-corrected chi connectivity index (χ1v) is 9.65. The molecule has 3 heterocycles. The van der Waals surface area contributed by atoms with Crippen LogP contribution in [0.1, 0.15) is 11.1 Å². The number of benzene rings is 2. The molecule has 29 heavy (non-hydrogen) atoms. The zero-order valence-corrected chi connectivity index (χ0v) is 16.4. The lowest BCUT2D eigenvalue weighted by Crippen LogP contribution is -2.24. The Kier molecular flexibility index (Phi) is 4.21. The Labute approximate surface area is 170 Å². The molecule has 2 aromatic heterocycles. The predicted octanol–water partition coefficient (Wildman–Crippen LogP) is 5.40. The van der Waals surface area contributed by atoms with Crippen LogP contribution in [-0.2, 0) is 0 Å². The van der Waals surface area contributed by atoms with Crippen LogP contribution in [0, 0.1) is 13.8 Å². The molecule has 5 rings (SSSR count). The van der Waals surface area contributed by atoms with Gasteiger partial charge in [-0.05, 0) is 72.5 Å². The van der Waals surface area contributed by atoms with Crippen molar-refractivity contribution < 1.29 is 0 Å². The fourth-order valence-corrected chi connectivity index (χ4v) is 4.07. The Hall–Kier alpha value is -3.73. The number of rotatable bonds is 3. The summed E-state index contributed by atoms with van der Waals surface area (Å²) >= 11 is 0. The number of aromatic nitrogens is 3. The Balaban J connectivity index is 1.58. The van der Waals surface area contributed by atoms with Crippen LogP contribution in [0.3, 0.4) is 0 Å². The van der Waals surface area contributed by atoms with Gasteiger partial charge >= 0.3 is 0 Å². The normalized spacial score (nSPS) is 12.9. The van der Waals surface area contributed by atoms with Crippen molar-refractivity contribution in [2.24, 2.45) is 0 Å². The van der Waals surface area contributed by atoms with Crippen LogP contribution in [0.25, 0.3) is 11.1 Å². The highest BCUT2D eigenvalue weighted by Crippen LogP contribution is 2.42. The Morgan fingerprint density at radius 3 is 1.90 bits per heavy atom. The molecule has 0 unspecified atom stereocenters. The van der Waals surface area contributed by atoms with Crippen LogP contribution in [0.15, 0.2) is 79.4 Å². The van der Waals surface area contributed by atoms with Gasteiger partial charge in [-0.1, -0.05) is 18.2 Å². The summed E-state index contributed by atoms with van der Waals surface area (Å²) in [5.74, 6) is 1.76. The summed E-state index contributed by atoms with van der Waals surface area (Å²) in [5.41, 5.74) is 7.14. The zero-order valence-electron chi connectivity index (χ0n) is 16.4. The maximum absolute atomic E-state index is 4.65. The molecule has 1 aliphatic rings. The molecule has 0 saturated carbocycles. The van der Waals surface area contributed by atoms with Crippen molar-refractivity contribution in [2.45, 2.75) is 13.8 Å². The van der Waals surface area contributed by atoms with E-state index in [0.717, 1.165) is 23.0 Å². The molecule has 0 radical (unpaired) electrons. The van der Waals surface area contributed by atoms with Gasteiger partial charge in [0.2, 0.25) is 0 Å². The maximum atomic E-state index is 4.65. The molecule has 142 valence electrons. The summed E-state index contributed by atoms with van der Waals surface area (Å²) in [7, 11) is 0. The summed E-state index contributed by atoms with van der Waals surface area (Å²) in [5, 5.41) is 0. The predicted molar refractivity (Wildman–Crippen MR) is 117 cm³/mol. The van der Waals surface area contributed by atoms with Crippen molar-refractivity contribution in [3.05, 3.63) is 90.5 Å².